The van der Waals surface area contributed by atoms with Gasteiger partial charge in [0, 0.05) is 37.3 Å². The zero-order valence-corrected chi connectivity index (χ0v) is 13.8. The second-order valence-corrected chi connectivity index (χ2v) is 5.72. The molecule has 1 aliphatic rings. The Morgan fingerprint density at radius 2 is 2.12 bits per heavy atom. The number of nitrogens with zero attached hydrogens (tertiary/aromatic N) is 1. The first-order valence-electron chi connectivity index (χ1n) is 8.29. The van der Waals surface area contributed by atoms with Gasteiger partial charge in [-0.3, -0.25) is 4.79 Å². The Labute approximate surface area is 142 Å². The fourth-order valence-corrected chi connectivity index (χ4v) is 2.70. The highest BCUT2D eigenvalue weighted by molar-refractivity contribution is 5.97. The average molecular weight is 326 g/mol. The molecule has 24 heavy (non-hydrogen) atoms. The summed E-state index contributed by atoms with van der Waals surface area (Å²) in [4.78, 5) is 16.5. The molecule has 1 atom stereocenters. The summed E-state index contributed by atoms with van der Waals surface area (Å²) in [5, 5.41) is 3.32. The van der Waals surface area contributed by atoms with Crippen molar-refractivity contribution in [1.29, 1.82) is 0 Å². The third kappa shape index (κ3) is 4.19. The van der Waals surface area contributed by atoms with Gasteiger partial charge in [-0.1, -0.05) is 24.3 Å². The Bertz CT molecular complexity index is 662. The van der Waals surface area contributed by atoms with Crippen LogP contribution in [-0.4, -0.2) is 37.1 Å². The second-order valence-electron chi connectivity index (χ2n) is 5.72. The summed E-state index contributed by atoms with van der Waals surface area (Å²) in [6.07, 6.45) is 2.03. The van der Waals surface area contributed by atoms with Gasteiger partial charge in [0.05, 0.1) is 19.3 Å². The third-order valence-electron chi connectivity index (χ3n) is 3.99. The van der Waals surface area contributed by atoms with E-state index in [-0.39, 0.29) is 11.9 Å². The van der Waals surface area contributed by atoms with Crippen LogP contribution >= 0.6 is 0 Å². The maximum absolute atomic E-state index is 12.4. The molecule has 1 aromatic heterocycles. The lowest BCUT2D eigenvalue weighted by atomic mass is 10.0. The average Bonchev–Trinajstić information content (AvgIpc) is 2.64. The van der Waals surface area contributed by atoms with Crippen molar-refractivity contribution in [2.75, 3.05) is 26.3 Å². The molecule has 1 fully saturated rings. The minimum atomic E-state index is 0.0499. The van der Waals surface area contributed by atoms with Crippen molar-refractivity contribution in [2.45, 2.75) is 19.4 Å². The van der Waals surface area contributed by atoms with Crippen molar-refractivity contribution in [3.63, 3.8) is 0 Å². The molecular weight excluding hydrogens is 304 g/mol. The van der Waals surface area contributed by atoms with Crippen LogP contribution < -0.4 is 10.1 Å². The quantitative estimate of drug-likeness (QED) is 0.827. The number of hydrogen-bond acceptors (Lipinski definition) is 5. The number of ketones is 1. The summed E-state index contributed by atoms with van der Waals surface area (Å²) in [7, 11) is 0. The summed E-state index contributed by atoms with van der Waals surface area (Å²) in [6.45, 7) is 4.93. The summed E-state index contributed by atoms with van der Waals surface area (Å²) in [5.41, 5.74) is 2.73. The molecule has 2 aromatic rings. The molecule has 0 aliphatic carbocycles. The topological polar surface area (TPSA) is 60.5 Å². The molecule has 1 aliphatic heterocycles. The van der Waals surface area contributed by atoms with E-state index in [1.54, 1.807) is 18.3 Å². The van der Waals surface area contributed by atoms with E-state index in [4.69, 9.17) is 9.47 Å². The summed E-state index contributed by atoms with van der Waals surface area (Å²) in [5.74, 6) is 0.591. The maximum atomic E-state index is 12.4. The Kier molecular flexibility index (Phi) is 5.56. The van der Waals surface area contributed by atoms with Crippen molar-refractivity contribution in [3.8, 4) is 5.88 Å². The fraction of sp³-hybridized carbons (Fsp3) is 0.368. The zero-order valence-electron chi connectivity index (χ0n) is 13.8. The van der Waals surface area contributed by atoms with Crippen LogP contribution in [0.3, 0.4) is 0 Å². The number of hydrogen-bond donors (Lipinski definition) is 1. The largest absolute Gasteiger partial charge is 0.478 e. The van der Waals surface area contributed by atoms with Crippen LogP contribution in [-0.2, 0) is 11.2 Å². The molecule has 5 nitrogen and oxygen atoms in total. The van der Waals surface area contributed by atoms with Crippen molar-refractivity contribution < 1.29 is 14.3 Å². The first kappa shape index (κ1) is 16.6. The smallest absolute Gasteiger partial charge is 0.213 e. The minimum absolute atomic E-state index is 0.0499. The Morgan fingerprint density at radius 3 is 2.75 bits per heavy atom. The van der Waals surface area contributed by atoms with Crippen LogP contribution in [0.25, 0.3) is 0 Å². The number of nitrogens with one attached hydrogen (secondary N) is 1. The highest BCUT2D eigenvalue weighted by atomic mass is 16.5. The first-order chi connectivity index (χ1) is 11.8. The van der Waals surface area contributed by atoms with E-state index < -0.39 is 0 Å². The van der Waals surface area contributed by atoms with Crippen LogP contribution in [0.1, 0.15) is 34.5 Å². The lowest BCUT2D eigenvalue weighted by Crippen LogP contribution is -2.33. The van der Waals surface area contributed by atoms with E-state index in [1.807, 2.05) is 31.2 Å². The number of benzene rings is 1. The summed E-state index contributed by atoms with van der Waals surface area (Å²) >= 11 is 0. The molecule has 1 N–H and O–H groups in total. The Morgan fingerprint density at radius 1 is 1.29 bits per heavy atom. The molecule has 126 valence electrons. The SMILES string of the molecule is CCOc1ccc(C(=O)Cc2ccc(C3CNCCO3)cc2)cn1. The molecule has 0 bridgehead atoms. The molecule has 0 saturated carbocycles. The first-order valence-corrected chi connectivity index (χ1v) is 8.29. The van der Waals surface area contributed by atoms with Gasteiger partial charge in [-0.25, -0.2) is 4.98 Å². The lowest BCUT2D eigenvalue weighted by molar-refractivity contribution is 0.0277. The van der Waals surface area contributed by atoms with Gasteiger partial charge in [0.15, 0.2) is 5.78 Å². The predicted octanol–water partition coefficient (Wildman–Crippen LogP) is 2.57. The van der Waals surface area contributed by atoms with Gasteiger partial charge < -0.3 is 14.8 Å². The Hall–Kier alpha value is -2.24. The van der Waals surface area contributed by atoms with Crippen molar-refractivity contribution >= 4 is 5.78 Å². The second kappa shape index (κ2) is 8.04. The van der Waals surface area contributed by atoms with E-state index in [2.05, 4.69) is 10.3 Å². The molecule has 0 radical (unpaired) electrons. The van der Waals surface area contributed by atoms with Crippen LogP contribution in [0.15, 0.2) is 42.6 Å². The van der Waals surface area contributed by atoms with Crippen molar-refractivity contribution in [1.82, 2.24) is 10.3 Å². The van der Waals surface area contributed by atoms with E-state index in [0.29, 0.717) is 24.5 Å². The molecule has 2 heterocycles. The number of morpholine rings is 1. The monoisotopic (exact) mass is 326 g/mol. The van der Waals surface area contributed by atoms with Crippen LogP contribution in [0.4, 0.5) is 0 Å². The van der Waals surface area contributed by atoms with Crippen molar-refractivity contribution in [3.05, 3.63) is 59.3 Å². The van der Waals surface area contributed by atoms with Crippen LogP contribution in [0.5, 0.6) is 5.88 Å². The minimum Gasteiger partial charge on any atom is -0.478 e. The van der Waals surface area contributed by atoms with E-state index in [1.165, 1.54) is 0 Å². The zero-order chi connectivity index (χ0) is 16.8. The number of Topliss-reactive ketones (excluding diaryl/α,β-unsaturated/α-hetero) is 1. The van der Waals surface area contributed by atoms with Gasteiger partial charge in [-0.05, 0) is 24.1 Å². The van der Waals surface area contributed by atoms with Gasteiger partial charge in [0.2, 0.25) is 5.88 Å². The number of aromatic nitrogens is 1. The predicted molar refractivity (Wildman–Crippen MR) is 91.4 cm³/mol. The number of carbonyl (C=O) groups excluding carboxylic acids is 1. The highest BCUT2D eigenvalue weighted by Crippen LogP contribution is 2.20. The molecule has 1 saturated heterocycles. The summed E-state index contributed by atoms with van der Waals surface area (Å²) in [6, 6.07) is 11.6. The van der Waals surface area contributed by atoms with E-state index in [9.17, 15) is 4.79 Å². The number of rotatable bonds is 6. The van der Waals surface area contributed by atoms with E-state index in [0.717, 1.165) is 30.8 Å². The lowest BCUT2D eigenvalue weighted by Gasteiger charge is -2.24. The Balaban J connectivity index is 1.61. The molecule has 1 unspecified atom stereocenters. The number of carbonyl (C=O) groups is 1. The van der Waals surface area contributed by atoms with Crippen LogP contribution in [0, 0.1) is 0 Å². The molecule has 5 heteroatoms. The molecule has 0 amide bonds. The van der Waals surface area contributed by atoms with Crippen molar-refractivity contribution in [2.24, 2.45) is 0 Å². The molecule has 0 spiro atoms. The summed E-state index contributed by atoms with van der Waals surface area (Å²) < 4.78 is 11.0. The number of pyridine rings is 1. The molecule has 1 aromatic carbocycles. The fourth-order valence-electron chi connectivity index (χ4n) is 2.70. The highest BCUT2D eigenvalue weighted by Gasteiger charge is 2.15. The normalized spacial score (nSPS) is 17.5. The van der Waals surface area contributed by atoms with Gasteiger partial charge in [0.25, 0.3) is 0 Å². The number of ether oxygens (including phenoxy) is 2. The van der Waals surface area contributed by atoms with Gasteiger partial charge >= 0.3 is 0 Å². The molecule has 3 rings (SSSR count). The standard InChI is InChI=1S/C19H22N2O3/c1-2-23-19-8-7-16(12-21-19)17(22)11-14-3-5-15(6-4-14)18-13-20-9-10-24-18/h3-8,12,18,20H,2,9-11,13H2,1H3. The maximum Gasteiger partial charge on any atom is 0.213 e. The third-order valence-corrected chi connectivity index (χ3v) is 3.99. The van der Waals surface area contributed by atoms with Gasteiger partial charge in [-0.2, -0.15) is 0 Å². The van der Waals surface area contributed by atoms with E-state index >= 15 is 0 Å². The van der Waals surface area contributed by atoms with Gasteiger partial charge in [-0.15, -0.1) is 0 Å². The molecular formula is C19H22N2O3. The van der Waals surface area contributed by atoms with Crippen LogP contribution in [0.2, 0.25) is 0 Å². The van der Waals surface area contributed by atoms with Gasteiger partial charge in [0.1, 0.15) is 0 Å².